The molecule has 0 amide bonds. The Labute approximate surface area is 79.2 Å². The summed E-state index contributed by atoms with van der Waals surface area (Å²) < 4.78 is 1.04. The van der Waals surface area contributed by atoms with Crippen molar-refractivity contribution in [3.8, 4) is 0 Å². The third kappa shape index (κ3) is 3.51. The fraction of sp³-hybridized carbons (Fsp3) is 1.00. The second-order valence-corrected chi connectivity index (χ2v) is 19.1. The molecule has 59 valence electrons. The normalized spacial score (nSPS) is 14.2. The Bertz CT molecular complexity index is 95.8. The average Bonchev–Trinajstić information content (AvgIpc) is 1.59. The third-order valence-electron chi connectivity index (χ3n) is 1.73. The fourth-order valence-electron chi connectivity index (χ4n) is 1.30. The van der Waals surface area contributed by atoms with Crippen molar-refractivity contribution < 1.29 is 20.4 Å². The molecule has 0 radical (unpaired) electrons. The summed E-state index contributed by atoms with van der Waals surface area (Å²) >= 11 is 2.46. The molecule has 0 spiro atoms. The van der Waals surface area contributed by atoms with E-state index >= 15 is 0 Å². The van der Waals surface area contributed by atoms with Gasteiger partial charge in [0.2, 0.25) is 0 Å². The quantitative estimate of drug-likeness (QED) is 0.610. The first kappa shape index (κ1) is 11.1. The molecule has 3 heteroatoms. The summed E-state index contributed by atoms with van der Waals surface area (Å²) in [6.45, 7) is 14.9. The van der Waals surface area contributed by atoms with Gasteiger partial charge in [-0.25, -0.2) is 0 Å². The Morgan fingerprint density at radius 1 is 0.800 bits per heavy atom. The van der Waals surface area contributed by atoms with Crippen molar-refractivity contribution in [3.05, 3.63) is 0 Å². The molecule has 0 aromatic carbocycles. The molecular formula is C7H19Si2Ti. The van der Waals surface area contributed by atoms with E-state index in [4.69, 9.17) is 0 Å². The van der Waals surface area contributed by atoms with Crippen molar-refractivity contribution >= 4 is 16.1 Å². The molecule has 0 rings (SSSR count). The van der Waals surface area contributed by atoms with Crippen LogP contribution in [0.25, 0.3) is 0 Å². The molecule has 0 aliphatic heterocycles. The number of hydrogen-bond acceptors (Lipinski definition) is 0. The van der Waals surface area contributed by atoms with Gasteiger partial charge in [0.1, 0.15) is 0 Å². The molecule has 0 unspecified atom stereocenters. The minimum atomic E-state index is -0.834. The molecule has 0 saturated carbocycles. The van der Waals surface area contributed by atoms with Crippen molar-refractivity contribution in [1.82, 2.24) is 0 Å². The van der Waals surface area contributed by atoms with Gasteiger partial charge in [0.15, 0.2) is 0 Å². The van der Waals surface area contributed by atoms with Crippen LogP contribution in [0.5, 0.6) is 0 Å². The Kier molecular flexibility index (Phi) is 3.63. The van der Waals surface area contributed by atoms with Gasteiger partial charge in [-0.3, -0.25) is 0 Å². The van der Waals surface area contributed by atoms with Gasteiger partial charge in [-0.2, -0.15) is 0 Å². The Hall–Kier alpha value is 1.15. The van der Waals surface area contributed by atoms with E-state index in [0.717, 1.165) is 3.47 Å². The van der Waals surface area contributed by atoms with Crippen LogP contribution in [0.15, 0.2) is 0 Å². The van der Waals surface area contributed by atoms with Gasteiger partial charge in [0, 0.05) is 0 Å². The van der Waals surface area contributed by atoms with Crippen LogP contribution in [0.3, 0.4) is 0 Å². The van der Waals surface area contributed by atoms with Crippen molar-refractivity contribution in [3.63, 3.8) is 0 Å². The predicted octanol–water partition coefficient (Wildman–Crippen LogP) is 3.08. The van der Waals surface area contributed by atoms with E-state index in [0.29, 0.717) is 0 Å². The van der Waals surface area contributed by atoms with E-state index in [2.05, 4.69) is 59.7 Å². The summed E-state index contributed by atoms with van der Waals surface area (Å²) in [5, 5.41) is 0. The molecule has 0 aromatic heterocycles. The van der Waals surface area contributed by atoms with Crippen molar-refractivity contribution in [2.24, 2.45) is 0 Å². The molecule has 0 saturated heterocycles. The summed E-state index contributed by atoms with van der Waals surface area (Å²) in [5.41, 5.74) is 0. The van der Waals surface area contributed by atoms with Crippen LogP contribution < -0.4 is 0 Å². The summed E-state index contributed by atoms with van der Waals surface area (Å²) in [6, 6.07) is 0. The Morgan fingerprint density at radius 3 is 1.00 bits per heavy atom. The Morgan fingerprint density at radius 2 is 1.00 bits per heavy atom. The zero-order valence-corrected chi connectivity index (χ0v) is 11.6. The molecule has 0 atom stereocenters. The van der Waals surface area contributed by atoms with Crippen molar-refractivity contribution in [1.29, 1.82) is 0 Å². The molecule has 0 bridgehead atoms. The second kappa shape index (κ2) is 3.26. The SMILES string of the molecule is C[Si](C)(C)[CH]([Ti])[Si](C)(C)C. The molecule has 10 heavy (non-hydrogen) atoms. The van der Waals surface area contributed by atoms with Crippen LogP contribution in [-0.4, -0.2) is 16.1 Å². The van der Waals surface area contributed by atoms with E-state index in [1.807, 2.05) is 0 Å². The van der Waals surface area contributed by atoms with Crippen LogP contribution in [0, 0.1) is 0 Å². The number of hydrogen-bond donors (Lipinski definition) is 0. The zero-order chi connectivity index (χ0) is 8.58. The van der Waals surface area contributed by atoms with Crippen LogP contribution in [0.2, 0.25) is 42.8 Å². The average molecular weight is 207 g/mol. The van der Waals surface area contributed by atoms with Gasteiger partial charge in [-0.05, 0) is 0 Å². The van der Waals surface area contributed by atoms with Crippen LogP contribution >= 0.6 is 0 Å². The maximum atomic E-state index is 2.48. The second-order valence-electron chi connectivity index (χ2n) is 5.17. The molecule has 0 N–H and O–H groups in total. The summed E-state index contributed by atoms with van der Waals surface area (Å²) in [4.78, 5) is 0. The fourth-order valence-corrected chi connectivity index (χ4v) is 11.7. The Balaban J connectivity index is 4.23. The maximum absolute atomic E-state index is 2.48. The molecule has 0 aliphatic carbocycles. The standard InChI is InChI=1S/C7H19Si2.Ti/c1-8(2,3)7-9(4,5)6;/h7H,1-6H3;. The van der Waals surface area contributed by atoms with Crippen LogP contribution in [-0.2, 0) is 20.4 Å². The van der Waals surface area contributed by atoms with Gasteiger partial charge >= 0.3 is 79.3 Å². The van der Waals surface area contributed by atoms with Crippen LogP contribution in [0.1, 0.15) is 0 Å². The first-order valence-corrected chi connectivity index (χ1v) is 11.9. The van der Waals surface area contributed by atoms with E-state index in [-0.39, 0.29) is 0 Å². The van der Waals surface area contributed by atoms with E-state index < -0.39 is 16.1 Å². The van der Waals surface area contributed by atoms with Gasteiger partial charge in [-0.15, -0.1) is 0 Å². The minimum absolute atomic E-state index is 0.834. The summed E-state index contributed by atoms with van der Waals surface area (Å²) in [6.07, 6.45) is 0. The first-order chi connectivity index (χ1) is 4.15. The number of rotatable bonds is 2. The van der Waals surface area contributed by atoms with Gasteiger partial charge in [-0.1, -0.05) is 0 Å². The molecule has 0 aromatic rings. The summed E-state index contributed by atoms with van der Waals surface area (Å²) in [7, 11) is -1.67. The van der Waals surface area contributed by atoms with Crippen LogP contribution in [0.4, 0.5) is 0 Å². The topological polar surface area (TPSA) is 0 Å². The molecule has 0 nitrogen and oxygen atoms in total. The van der Waals surface area contributed by atoms with Crippen molar-refractivity contribution in [2.75, 3.05) is 0 Å². The monoisotopic (exact) mass is 207 g/mol. The predicted molar refractivity (Wildman–Crippen MR) is 50.4 cm³/mol. The van der Waals surface area contributed by atoms with Gasteiger partial charge < -0.3 is 0 Å². The van der Waals surface area contributed by atoms with Gasteiger partial charge in [0.25, 0.3) is 0 Å². The van der Waals surface area contributed by atoms with Crippen molar-refractivity contribution in [2.45, 2.75) is 42.8 Å². The molecule has 0 fully saturated rings. The molecule has 0 aliphatic rings. The molecule has 0 heterocycles. The van der Waals surface area contributed by atoms with Gasteiger partial charge in [0.05, 0.1) is 0 Å². The third-order valence-corrected chi connectivity index (χ3v) is 18.5. The van der Waals surface area contributed by atoms with E-state index in [1.165, 1.54) is 0 Å². The first-order valence-electron chi connectivity index (χ1n) is 3.87. The van der Waals surface area contributed by atoms with E-state index in [1.54, 1.807) is 0 Å². The zero-order valence-electron chi connectivity index (χ0n) is 8.08. The molecular weight excluding hydrogens is 188 g/mol. The summed E-state index contributed by atoms with van der Waals surface area (Å²) in [5.74, 6) is 0. The van der Waals surface area contributed by atoms with E-state index in [9.17, 15) is 0 Å².